The first-order valence-electron chi connectivity index (χ1n) is 7.37. The maximum absolute atomic E-state index is 11.8. The third kappa shape index (κ3) is 4.86. The predicted octanol–water partition coefficient (Wildman–Crippen LogP) is 1.99. The van der Waals surface area contributed by atoms with Gasteiger partial charge in [0.25, 0.3) is 0 Å². The van der Waals surface area contributed by atoms with Crippen LogP contribution in [0.4, 0.5) is 4.79 Å². The molecule has 0 bridgehead atoms. The second-order valence-corrected chi connectivity index (χ2v) is 5.59. The SMILES string of the molecule is CC(=O)c1cccc(CNC(=O)NC2CCC(O)CC2)c1. The van der Waals surface area contributed by atoms with Crippen LogP contribution in [0.1, 0.15) is 48.5 Å². The van der Waals surface area contributed by atoms with Crippen LogP contribution in [-0.2, 0) is 6.54 Å². The largest absolute Gasteiger partial charge is 0.393 e. The van der Waals surface area contributed by atoms with Crippen molar-refractivity contribution in [2.24, 2.45) is 0 Å². The Balaban J connectivity index is 1.78. The van der Waals surface area contributed by atoms with Crippen molar-refractivity contribution in [3.05, 3.63) is 35.4 Å². The molecule has 1 aromatic rings. The molecule has 0 unspecified atom stereocenters. The zero-order valence-corrected chi connectivity index (χ0v) is 12.3. The number of carbonyl (C=O) groups is 2. The number of amides is 2. The van der Waals surface area contributed by atoms with Crippen LogP contribution in [0.3, 0.4) is 0 Å². The fraction of sp³-hybridized carbons (Fsp3) is 0.500. The van der Waals surface area contributed by atoms with Gasteiger partial charge in [-0.15, -0.1) is 0 Å². The minimum atomic E-state index is -0.222. The van der Waals surface area contributed by atoms with E-state index in [-0.39, 0.29) is 24.0 Å². The zero-order valence-electron chi connectivity index (χ0n) is 12.3. The first-order valence-corrected chi connectivity index (χ1v) is 7.37. The molecule has 1 aromatic carbocycles. The Hall–Kier alpha value is -1.88. The number of aliphatic hydroxyl groups excluding tert-OH is 1. The molecule has 0 atom stereocenters. The van der Waals surface area contributed by atoms with Crippen molar-refractivity contribution in [1.82, 2.24) is 10.6 Å². The molecule has 1 fully saturated rings. The van der Waals surface area contributed by atoms with E-state index in [1.54, 1.807) is 12.1 Å². The minimum Gasteiger partial charge on any atom is -0.393 e. The summed E-state index contributed by atoms with van der Waals surface area (Å²) in [4.78, 5) is 23.1. The Labute approximate surface area is 124 Å². The second-order valence-electron chi connectivity index (χ2n) is 5.59. The summed E-state index contributed by atoms with van der Waals surface area (Å²) in [5.41, 5.74) is 1.55. The van der Waals surface area contributed by atoms with E-state index in [1.807, 2.05) is 12.1 Å². The third-order valence-corrected chi connectivity index (χ3v) is 3.82. The molecule has 21 heavy (non-hydrogen) atoms. The summed E-state index contributed by atoms with van der Waals surface area (Å²) in [5.74, 6) is 0.0158. The highest BCUT2D eigenvalue weighted by Gasteiger charge is 2.20. The van der Waals surface area contributed by atoms with Gasteiger partial charge in [-0.25, -0.2) is 4.79 Å². The number of hydrogen-bond acceptors (Lipinski definition) is 3. The van der Waals surface area contributed by atoms with Gasteiger partial charge in [-0.3, -0.25) is 4.79 Å². The van der Waals surface area contributed by atoms with Gasteiger partial charge in [0, 0.05) is 18.2 Å². The number of hydrogen-bond donors (Lipinski definition) is 3. The average Bonchev–Trinajstić information content (AvgIpc) is 2.48. The lowest BCUT2D eigenvalue weighted by atomic mass is 9.93. The monoisotopic (exact) mass is 290 g/mol. The molecule has 1 saturated carbocycles. The van der Waals surface area contributed by atoms with Crippen LogP contribution in [0.5, 0.6) is 0 Å². The summed E-state index contributed by atoms with van der Waals surface area (Å²) in [5, 5.41) is 15.1. The van der Waals surface area contributed by atoms with Crippen molar-refractivity contribution in [2.75, 3.05) is 0 Å². The van der Waals surface area contributed by atoms with Gasteiger partial charge in [-0.1, -0.05) is 18.2 Å². The van der Waals surface area contributed by atoms with E-state index in [4.69, 9.17) is 0 Å². The normalized spacial score (nSPS) is 21.6. The molecule has 0 aromatic heterocycles. The van der Waals surface area contributed by atoms with E-state index >= 15 is 0 Å². The van der Waals surface area contributed by atoms with Gasteiger partial charge in [0.1, 0.15) is 0 Å². The molecule has 0 heterocycles. The highest BCUT2D eigenvalue weighted by Crippen LogP contribution is 2.18. The number of Topliss-reactive ketones (excluding diaryl/α,β-unsaturated/α-hetero) is 1. The van der Waals surface area contributed by atoms with Gasteiger partial charge in [0.2, 0.25) is 0 Å². The smallest absolute Gasteiger partial charge is 0.315 e. The summed E-state index contributed by atoms with van der Waals surface area (Å²) in [7, 11) is 0. The van der Waals surface area contributed by atoms with Crippen molar-refractivity contribution in [3.63, 3.8) is 0 Å². The van der Waals surface area contributed by atoms with E-state index in [9.17, 15) is 14.7 Å². The molecule has 0 radical (unpaired) electrons. The van der Waals surface area contributed by atoms with Crippen LogP contribution in [-0.4, -0.2) is 29.1 Å². The molecular weight excluding hydrogens is 268 g/mol. The maximum atomic E-state index is 11.8. The van der Waals surface area contributed by atoms with E-state index < -0.39 is 0 Å². The topological polar surface area (TPSA) is 78.4 Å². The second kappa shape index (κ2) is 7.22. The lowest BCUT2D eigenvalue weighted by molar-refractivity contribution is 0.101. The van der Waals surface area contributed by atoms with Gasteiger partial charge < -0.3 is 15.7 Å². The number of nitrogens with one attached hydrogen (secondary N) is 2. The summed E-state index contributed by atoms with van der Waals surface area (Å²) in [6.45, 7) is 1.92. The van der Waals surface area contributed by atoms with Crippen molar-refractivity contribution < 1.29 is 14.7 Å². The molecule has 0 saturated heterocycles. The van der Waals surface area contributed by atoms with Crippen molar-refractivity contribution in [1.29, 1.82) is 0 Å². The number of ketones is 1. The fourth-order valence-corrected chi connectivity index (χ4v) is 2.54. The van der Waals surface area contributed by atoms with Crippen LogP contribution in [0, 0.1) is 0 Å². The molecule has 0 spiro atoms. The van der Waals surface area contributed by atoms with Crippen molar-refractivity contribution in [3.8, 4) is 0 Å². The number of urea groups is 1. The molecule has 1 aliphatic rings. The standard InChI is InChI=1S/C16H22N2O3/c1-11(19)13-4-2-3-12(9-13)10-17-16(21)18-14-5-7-15(20)8-6-14/h2-4,9,14-15,20H,5-8,10H2,1H3,(H2,17,18,21). The molecule has 2 amide bonds. The Morgan fingerprint density at radius 3 is 2.62 bits per heavy atom. The van der Waals surface area contributed by atoms with Crippen LogP contribution >= 0.6 is 0 Å². The number of aliphatic hydroxyl groups is 1. The first kappa shape index (κ1) is 15.5. The summed E-state index contributed by atoms with van der Waals surface area (Å²) >= 11 is 0. The van der Waals surface area contributed by atoms with Crippen LogP contribution in [0.15, 0.2) is 24.3 Å². The summed E-state index contributed by atoms with van der Waals surface area (Å²) in [6, 6.07) is 7.18. The molecule has 3 N–H and O–H groups in total. The van der Waals surface area contributed by atoms with E-state index in [2.05, 4.69) is 10.6 Å². The fourth-order valence-electron chi connectivity index (χ4n) is 2.54. The number of benzene rings is 1. The van der Waals surface area contributed by atoms with Gasteiger partial charge in [-0.05, 0) is 44.2 Å². The van der Waals surface area contributed by atoms with Gasteiger partial charge >= 0.3 is 6.03 Å². The average molecular weight is 290 g/mol. The van der Waals surface area contributed by atoms with Crippen LogP contribution in [0.2, 0.25) is 0 Å². The third-order valence-electron chi connectivity index (χ3n) is 3.82. The molecular formula is C16H22N2O3. The Morgan fingerprint density at radius 2 is 1.95 bits per heavy atom. The van der Waals surface area contributed by atoms with Gasteiger partial charge in [0.05, 0.1) is 6.10 Å². The molecule has 5 nitrogen and oxygen atoms in total. The number of carbonyl (C=O) groups excluding carboxylic acids is 2. The van der Waals surface area contributed by atoms with Crippen molar-refractivity contribution >= 4 is 11.8 Å². The quantitative estimate of drug-likeness (QED) is 0.742. The van der Waals surface area contributed by atoms with E-state index in [1.165, 1.54) is 6.92 Å². The van der Waals surface area contributed by atoms with Crippen molar-refractivity contribution in [2.45, 2.75) is 51.3 Å². The Bertz CT molecular complexity index is 508. The lowest BCUT2D eigenvalue weighted by Gasteiger charge is -2.26. The summed E-state index contributed by atoms with van der Waals surface area (Å²) < 4.78 is 0. The molecule has 0 aliphatic heterocycles. The number of rotatable bonds is 4. The maximum Gasteiger partial charge on any atom is 0.315 e. The molecule has 114 valence electrons. The van der Waals surface area contributed by atoms with Gasteiger partial charge in [-0.2, -0.15) is 0 Å². The van der Waals surface area contributed by atoms with Crippen LogP contribution in [0.25, 0.3) is 0 Å². The molecule has 1 aliphatic carbocycles. The Morgan fingerprint density at radius 1 is 1.24 bits per heavy atom. The van der Waals surface area contributed by atoms with Crippen LogP contribution < -0.4 is 10.6 Å². The predicted molar refractivity (Wildman–Crippen MR) is 80.1 cm³/mol. The molecule has 5 heteroatoms. The highest BCUT2D eigenvalue weighted by atomic mass is 16.3. The lowest BCUT2D eigenvalue weighted by Crippen LogP contribution is -2.43. The van der Waals surface area contributed by atoms with E-state index in [0.29, 0.717) is 12.1 Å². The van der Waals surface area contributed by atoms with Gasteiger partial charge in [0.15, 0.2) is 5.78 Å². The molecule has 2 rings (SSSR count). The summed E-state index contributed by atoms with van der Waals surface area (Å²) in [6.07, 6.45) is 2.89. The zero-order chi connectivity index (χ0) is 15.2. The first-order chi connectivity index (χ1) is 10.0. The minimum absolute atomic E-state index is 0.0158. The van der Waals surface area contributed by atoms with E-state index in [0.717, 1.165) is 31.2 Å². The highest BCUT2D eigenvalue weighted by molar-refractivity contribution is 5.94. The Kier molecular flexibility index (Phi) is 5.33.